The predicted octanol–water partition coefficient (Wildman–Crippen LogP) is 3.86. The van der Waals surface area contributed by atoms with Gasteiger partial charge in [-0.2, -0.15) is 0 Å². The van der Waals surface area contributed by atoms with Gasteiger partial charge in [0.05, 0.1) is 17.3 Å². The number of hydrogen-bond donors (Lipinski definition) is 1. The van der Waals surface area contributed by atoms with Crippen LogP contribution >= 0.6 is 27.5 Å². The first-order chi connectivity index (χ1) is 12.1. The summed E-state index contributed by atoms with van der Waals surface area (Å²) in [5.74, 6) is -0.0199. The molecule has 2 aromatic carbocycles. The summed E-state index contributed by atoms with van der Waals surface area (Å²) in [5.41, 5.74) is 1.97. The van der Waals surface area contributed by atoms with Crippen LogP contribution in [0, 0.1) is 0 Å². The highest BCUT2D eigenvalue weighted by Gasteiger charge is 2.19. The number of rotatable bonds is 5. The van der Waals surface area contributed by atoms with Crippen LogP contribution in [0.25, 0.3) is 0 Å². The molecule has 0 aromatic heterocycles. The van der Waals surface area contributed by atoms with Crippen LogP contribution in [0.15, 0.2) is 53.0 Å². The van der Waals surface area contributed by atoms with Gasteiger partial charge in [-0.05, 0) is 29.8 Å². The highest BCUT2D eigenvalue weighted by atomic mass is 79.9. The van der Waals surface area contributed by atoms with E-state index in [4.69, 9.17) is 11.6 Å². The number of benzene rings is 2. The summed E-state index contributed by atoms with van der Waals surface area (Å²) in [4.78, 5) is 16.8. The van der Waals surface area contributed by atoms with Gasteiger partial charge in [0, 0.05) is 37.2 Å². The second kappa shape index (κ2) is 8.81. The van der Waals surface area contributed by atoms with Gasteiger partial charge >= 0.3 is 0 Å². The molecule has 0 atom stereocenters. The van der Waals surface area contributed by atoms with Gasteiger partial charge in [0.2, 0.25) is 5.91 Å². The Morgan fingerprint density at radius 2 is 1.76 bits per heavy atom. The molecule has 1 fully saturated rings. The zero-order valence-corrected chi connectivity index (χ0v) is 16.3. The van der Waals surface area contributed by atoms with Crippen molar-refractivity contribution in [1.29, 1.82) is 0 Å². The van der Waals surface area contributed by atoms with Crippen molar-refractivity contribution in [3.05, 3.63) is 63.6 Å². The lowest BCUT2D eigenvalue weighted by Crippen LogP contribution is -2.48. The monoisotopic (exact) mass is 421 g/mol. The average Bonchev–Trinajstić information content (AvgIpc) is 2.59. The normalized spacial score (nSPS) is 15.9. The molecule has 3 rings (SSSR count). The Bertz CT molecular complexity index is 732. The van der Waals surface area contributed by atoms with Gasteiger partial charge in [-0.1, -0.05) is 51.8 Å². The lowest BCUT2D eigenvalue weighted by molar-refractivity contribution is -0.117. The van der Waals surface area contributed by atoms with Gasteiger partial charge in [0.1, 0.15) is 0 Å². The number of anilines is 1. The van der Waals surface area contributed by atoms with Crippen LogP contribution in [0.5, 0.6) is 0 Å². The molecule has 1 N–H and O–H groups in total. The molecule has 0 spiro atoms. The van der Waals surface area contributed by atoms with E-state index in [9.17, 15) is 4.79 Å². The third-order valence-electron chi connectivity index (χ3n) is 4.28. The summed E-state index contributed by atoms with van der Waals surface area (Å²) in [6.45, 7) is 5.06. The van der Waals surface area contributed by atoms with Crippen molar-refractivity contribution < 1.29 is 4.79 Å². The molecule has 132 valence electrons. The molecule has 4 nitrogen and oxygen atoms in total. The summed E-state index contributed by atoms with van der Waals surface area (Å²) in [6, 6.07) is 15.7. The van der Waals surface area contributed by atoms with Crippen LogP contribution in [-0.4, -0.2) is 48.4 Å². The highest BCUT2D eigenvalue weighted by Crippen LogP contribution is 2.20. The van der Waals surface area contributed by atoms with Gasteiger partial charge in [-0.15, -0.1) is 0 Å². The molecule has 0 radical (unpaired) electrons. The Morgan fingerprint density at radius 3 is 2.48 bits per heavy atom. The molecule has 1 saturated heterocycles. The number of piperazine rings is 1. The minimum atomic E-state index is -0.0199. The van der Waals surface area contributed by atoms with E-state index >= 15 is 0 Å². The van der Waals surface area contributed by atoms with Crippen molar-refractivity contribution in [3.8, 4) is 0 Å². The topological polar surface area (TPSA) is 35.6 Å². The van der Waals surface area contributed by atoms with Crippen LogP contribution in [0.4, 0.5) is 5.69 Å². The average molecular weight is 423 g/mol. The number of halogens is 2. The van der Waals surface area contributed by atoms with Gasteiger partial charge in [-0.25, -0.2) is 0 Å². The third-order valence-corrected chi connectivity index (χ3v) is 5.10. The van der Waals surface area contributed by atoms with Crippen molar-refractivity contribution >= 4 is 39.1 Å². The Morgan fingerprint density at radius 1 is 1.04 bits per heavy atom. The van der Waals surface area contributed by atoms with E-state index < -0.39 is 0 Å². The van der Waals surface area contributed by atoms with Gasteiger partial charge in [0.25, 0.3) is 0 Å². The van der Waals surface area contributed by atoms with Gasteiger partial charge in [-0.3, -0.25) is 14.6 Å². The summed E-state index contributed by atoms with van der Waals surface area (Å²) in [6.07, 6.45) is 0. The third kappa shape index (κ3) is 5.54. The molecule has 1 heterocycles. The summed E-state index contributed by atoms with van der Waals surface area (Å²) < 4.78 is 1.11. The lowest BCUT2D eigenvalue weighted by Gasteiger charge is -2.34. The Labute approximate surface area is 161 Å². The Balaban J connectivity index is 1.44. The minimum absolute atomic E-state index is 0.0199. The molecule has 1 amide bonds. The first-order valence-corrected chi connectivity index (χ1v) is 9.51. The Hall–Kier alpha value is -1.40. The number of nitrogens with one attached hydrogen (secondary N) is 1. The van der Waals surface area contributed by atoms with Crippen LogP contribution < -0.4 is 5.32 Å². The van der Waals surface area contributed by atoms with E-state index in [0.29, 0.717) is 17.3 Å². The fraction of sp³-hybridized carbons (Fsp3) is 0.316. The zero-order chi connectivity index (χ0) is 17.6. The molecule has 0 bridgehead atoms. The molecule has 1 aliphatic heterocycles. The number of nitrogens with zero attached hydrogens (tertiary/aromatic N) is 2. The standard InChI is InChI=1S/C19H21BrClN3O/c20-16-5-3-4-15(12-16)13-23-8-10-24(11-9-23)14-19(25)22-18-7-2-1-6-17(18)21/h1-7,12H,8-11,13-14H2,(H,22,25). The lowest BCUT2D eigenvalue weighted by atomic mass is 10.2. The van der Waals surface area contributed by atoms with E-state index in [-0.39, 0.29) is 5.91 Å². The van der Waals surface area contributed by atoms with Crippen LogP contribution in [0.1, 0.15) is 5.56 Å². The quantitative estimate of drug-likeness (QED) is 0.795. The fourth-order valence-electron chi connectivity index (χ4n) is 2.95. The SMILES string of the molecule is O=C(CN1CCN(Cc2cccc(Br)c2)CC1)Nc1ccccc1Cl. The van der Waals surface area contributed by atoms with E-state index in [2.05, 4.69) is 49.2 Å². The van der Waals surface area contributed by atoms with E-state index in [1.54, 1.807) is 6.07 Å². The first-order valence-electron chi connectivity index (χ1n) is 8.34. The second-order valence-electron chi connectivity index (χ2n) is 6.21. The maximum Gasteiger partial charge on any atom is 0.238 e. The molecule has 25 heavy (non-hydrogen) atoms. The van der Waals surface area contributed by atoms with E-state index in [1.807, 2.05) is 24.3 Å². The van der Waals surface area contributed by atoms with Crippen LogP contribution in [-0.2, 0) is 11.3 Å². The molecular weight excluding hydrogens is 402 g/mol. The Kier molecular flexibility index (Phi) is 6.48. The first kappa shape index (κ1) is 18.4. The predicted molar refractivity (Wildman–Crippen MR) is 106 cm³/mol. The van der Waals surface area contributed by atoms with Crippen molar-refractivity contribution in [1.82, 2.24) is 9.80 Å². The summed E-state index contributed by atoms with van der Waals surface area (Å²) in [7, 11) is 0. The van der Waals surface area contributed by atoms with E-state index in [1.165, 1.54) is 5.56 Å². The highest BCUT2D eigenvalue weighted by molar-refractivity contribution is 9.10. The fourth-order valence-corrected chi connectivity index (χ4v) is 3.58. The number of amides is 1. The largest absolute Gasteiger partial charge is 0.324 e. The number of carbonyl (C=O) groups excluding carboxylic acids is 1. The van der Waals surface area contributed by atoms with Crippen molar-refractivity contribution in [2.45, 2.75) is 6.54 Å². The van der Waals surface area contributed by atoms with E-state index in [0.717, 1.165) is 37.2 Å². The second-order valence-corrected chi connectivity index (χ2v) is 7.53. The molecular formula is C19H21BrClN3O. The smallest absolute Gasteiger partial charge is 0.238 e. The minimum Gasteiger partial charge on any atom is -0.324 e. The number of carbonyl (C=O) groups is 1. The molecule has 0 aliphatic carbocycles. The molecule has 0 unspecified atom stereocenters. The van der Waals surface area contributed by atoms with Crippen LogP contribution in [0.3, 0.4) is 0 Å². The van der Waals surface area contributed by atoms with Crippen molar-refractivity contribution in [3.63, 3.8) is 0 Å². The van der Waals surface area contributed by atoms with Gasteiger partial charge in [0.15, 0.2) is 0 Å². The van der Waals surface area contributed by atoms with Crippen molar-refractivity contribution in [2.24, 2.45) is 0 Å². The molecule has 2 aromatic rings. The zero-order valence-electron chi connectivity index (χ0n) is 13.9. The number of para-hydroxylation sites is 1. The number of hydrogen-bond acceptors (Lipinski definition) is 3. The van der Waals surface area contributed by atoms with Crippen LogP contribution in [0.2, 0.25) is 5.02 Å². The van der Waals surface area contributed by atoms with Gasteiger partial charge < -0.3 is 5.32 Å². The summed E-state index contributed by atoms with van der Waals surface area (Å²) in [5, 5.41) is 3.45. The molecule has 6 heteroatoms. The summed E-state index contributed by atoms with van der Waals surface area (Å²) >= 11 is 9.60. The molecule has 0 saturated carbocycles. The maximum atomic E-state index is 12.2. The molecule has 1 aliphatic rings. The maximum absolute atomic E-state index is 12.2. The van der Waals surface area contributed by atoms with Crippen molar-refractivity contribution in [2.75, 3.05) is 38.0 Å².